The first-order chi connectivity index (χ1) is 6.88. The molecule has 15 heavy (non-hydrogen) atoms. The number of aliphatic hydroxyl groups excluding tert-OH is 1. The van der Waals surface area contributed by atoms with Crippen molar-refractivity contribution in [1.82, 2.24) is 0 Å². The second-order valence-corrected chi connectivity index (χ2v) is 5.15. The highest BCUT2D eigenvalue weighted by atomic mass is 32.1. The van der Waals surface area contributed by atoms with Crippen molar-refractivity contribution in [1.29, 1.82) is 0 Å². The topological polar surface area (TPSA) is 89.4 Å². The highest BCUT2D eigenvalue weighted by Crippen LogP contribution is 2.36. The summed E-state index contributed by atoms with van der Waals surface area (Å²) in [7, 11) is 0. The Balaban J connectivity index is 2.92. The van der Waals surface area contributed by atoms with Crippen LogP contribution in [0.5, 0.6) is 0 Å². The van der Waals surface area contributed by atoms with Crippen molar-refractivity contribution in [2.24, 2.45) is 11.1 Å². The summed E-state index contributed by atoms with van der Waals surface area (Å²) in [5, 5.41) is 19.7. The van der Waals surface area contributed by atoms with Gasteiger partial charge in [0.2, 0.25) is 0 Å². The zero-order valence-corrected chi connectivity index (χ0v) is 9.45. The van der Waals surface area contributed by atoms with Crippen LogP contribution in [0.25, 0.3) is 0 Å². The number of aliphatic hydroxyl groups is 1. The summed E-state index contributed by atoms with van der Waals surface area (Å²) in [5.74, 6) is 0. The fourth-order valence-electron chi connectivity index (χ4n) is 1.09. The van der Waals surface area contributed by atoms with Gasteiger partial charge in [0.25, 0.3) is 0 Å². The Hall–Kier alpha value is -0.980. The number of hydrogen-bond acceptors (Lipinski definition) is 5. The lowest BCUT2D eigenvalue weighted by molar-refractivity contribution is -0.380. The molecule has 0 fully saturated rings. The Labute approximate surface area is 91.7 Å². The maximum atomic E-state index is 10.5. The predicted molar refractivity (Wildman–Crippen MR) is 58.8 cm³/mol. The zero-order chi connectivity index (χ0) is 11.6. The summed E-state index contributed by atoms with van der Waals surface area (Å²) in [6, 6.07) is 2.69. The van der Waals surface area contributed by atoms with Crippen LogP contribution in [0.1, 0.15) is 24.8 Å². The van der Waals surface area contributed by atoms with Gasteiger partial charge in [-0.05, 0) is 6.07 Å². The number of nitrogens with zero attached hydrogens (tertiary/aromatic N) is 1. The number of nitro groups is 1. The minimum Gasteiger partial charge on any atom is -0.396 e. The number of hydrogen-bond donors (Lipinski definition) is 2. The van der Waals surface area contributed by atoms with Gasteiger partial charge in [0, 0.05) is 22.4 Å². The van der Waals surface area contributed by atoms with E-state index >= 15 is 0 Å². The lowest BCUT2D eigenvalue weighted by atomic mass is 9.85. The molecule has 0 aromatic carbocycles. The van der Waals surface area contributed by atoms with Gasteiger partial charge in [0.05, 0.1) is 11.5 Å². The van der Waals surface area contributed by atoms with E-state index in [0.29, 0.717) is 0 Å². The van der Waals surface area contributed by atoms with Crippen LogP contribution in [0.4, 0.5) is 5.00 Å². The Morgan fingerprint density at radius 2 is 2.27 bits per heavy atom. The second-order valence-electron chi connectivity index (χ2n) is 4.06. The molecular formula is C9H14N2O3S. The van der Waals surface area contributed by atoms with Gasteiger partial charge in [-0.25, -0.2) is 0 Å². The minimum absolute atomic E-state index is 0.0557. The van der Waals surface area contributed by atoms with Crippen LogP contribution >= 0.6 is 11.3 Å². The molecule has 0 unspecified atom stereocenters. The summed E-state index contributed by atoms with van der Waals surface area (Å²) < 4.78 is 0. The quantitative estimate of drug-likeness (QED) is 0.608. The molecule has 1 heterocycles. The first-order valence-corrected chi connectivity index (χ1v) is 5.30. The first-order valence-electron chi connectivity index (χ1n) is 4.49. The molecule has 0 aliphatic carbocycles. The van der Waals surface area contributed by atoms with Crippen molar-refractivity contribution in [3.05, 3.63) is 27.1 Å². The van der Waals surface area contributed by atoms with Crippen molar-refractivity contribution in [2.75, 3.05) is 6.61 Å². The second kappa shape index (κ2) is 4.26. The molecule has 0 spiro atoms. The van der Waals surface area contributed by atoms with E-state index in [9.17, 15) is 10.1 Å². The van der Waals surface area contributed by atoms with Crippen LogP contribution in [0.2, 0.25) is 0 Å². The summed E-state index contributed by atoms with van der Waals surface area (Å²) in [5.41, 5.74) is 5.45. The van der Waals surface area contributed by atoms with Crippen molar-refractivity contribution in [2.45, 2.75) is 19.9 Å². The van der Waals surface area contributed by atoms with E-state index in [0.717, 1.165) is 16.2 Å². The summed E-state index contributed by atoms with van der Waals surface area (Å²) in [6.45, 7) is 3.59. The fourth-order valence-corrected chi connectivity index (χ4v) is 2.13. The maximum Gasteiger partial charge on any atom is 0.324 e. The van der Waals surface area contributed by atoms with E-state index < -0.39 is 10.3 Å². The molecule has 0 bridgehead atoms. The highest BCUT2D eigenvalue weighted by molar-refractivity contribution is 7.15. The van der Waals surface area contributed by atoms with Crippen LogP contribution in [0.3, 0.4) is 0 Å². The summed E-state index contributed by atoms with van der Waals surface area (Å²) in [6.07, 6.45) is 0. The van der Waals surface area contributed by atoms with Crippen molar-refractivity contribution in [3.63, 3.8) is 0 Å². The van der Waals surface area contributed by atoms with E-state index in [1.165, 1.54) is 6.07 Å². The van der Waals surface area contributed by atoms with Crippen LogP contribution < -0.4 is 5.73 Å². The number of thiophene rings is 1. The van der Waals surface area contributed by atoms with Crippen molar-refractivity contribution in [3.8, 4) is 0 Å². The van der Waals surface area contributed by atoms with Gasteiger partial charge in [-0.3, -0.25) is 10.1 Å². The molecule has 1 atom stereocenters. The molecule has 0 saturated heterocycles. The molecular weight excluding hydrogens is 216 g/mol. The minimum atomic E-state index is -0.473. The number of rotatable bonds is 4. The van der Waals surface area contributed by atoms with Crippen LogP contribution in [-0.4, -0.2) is 16.6 Å². The molecule has 1 rings (SSSR count). The Kier molecular flexibility index (Phi) is 3.43. The predicted octanol–water partition coefficient (Wildman–Crippen LogP) is 1.67. The molecule has 0 aliphatic rings. The van der Waals surface area contributed by atoms with Crippen LogP contribution in [0, 0.1) is 15.5 Å². The van der Waals surface area contributed by atoms with Gasteiger partial charge in [-0.2, -0.15) is 0 Å². The standard InChI is InChI=1S/C9H14N2O3S/c1-9(2,5-12)8(10)6-3-4-7(15-6)11(13)14/h3-4,8,12H,5,10H2,1-2H3/t8-/m0/s1. The molecule has 1 aromatic heterocycles. The van der Waals surface area contributed by atoms with Gasteiger partial charge in [0.1, 0.15) is 0 Å². The van der Waals surface area contributed by atoms with Gasteiger partial charge in [-0.15, -0.1) is 0 Å². The van der Waals surface area contributed by atoms with E-state index in [2.05, 4.69) is 0 Å². The first kappa shape index (κ1) is 12.1. The molecule has 6 heteroatoms. The average Bonchev–Trinajstić information content (AvgIpc) is 2.65. The molecule has 0 amide bonds. The third-order valence-corrected chi connectivity index (χ3v) is 3.47. The lowest BCUT2D eigenvalue weighted by Gasteiger charge is -2.28. The van der Waals surface area contributed by atoms with E-state index in [4.69, 9.17) is 10.8 Å². The number of nitrogens with two attached hydrogens (primary N) is 1. The van der Waals surface area contributed by atoms with Gasteiger partial charge in [-0.1, -0.05) is 25.2 Å². The zero-order valence-electron chi connectivity index (χ0n) is 8.64. The van der Waals surface area contributed by atoms with Crippen LogP contribution in [0.15, 0.2) is 12.1 Å². The third-order valence-electron chi connectivity index (χ3n) is 2.35. The monoisotopic (exact) mass is 230 g/mol. The fraction of sp³-hybridized carbons (Fsp3) is 0.556. The molecule has 3 N–H and O–H groups in total. The third kappa shape index (κ3) is 2.53. The smallest absolute Gasteiger partial charge is 0.324 e. The molecule has 1 aromatic rings. The average molecular weight is 230 g/mol. The Bertz CT molecular complexity index is 362. The van der Waals surface area contributed by atoms with Crippen molar-refractivity contribution >= 4 is 16.3 Å². The molecule has 0 saturated carbocycles. The van der Waals surface area contributed by atoms with Crippen LogP contribution in [-0.2, 0) is 0 Å². The highest BCUT2D eigenvalue weighted by Gasteiger charge is 2.29. The molecule has 5 nitrogen and oxygen atoms in total. The SMILES string of the molecule is CC(C)(CO)[C@@H](N)c1ccc([N+](=O)[O-])s1. The summed E-state index contributed by atoms with van der Waals surface area (Å²) >= 11 is 1.06. The van der Waals surface area contributed by atoms with E-state index in [1.807, 2.05) is 13.8 Å². The summed E-state index contributed by atoms with van der Waals surface area (Å²) in [4.78, 5) is 10.8. The van der Waals surface area contributed by atoms with E-state index in [-0.39, 0.29) is 17.6 Å². The normalized spacial score (nSPS) is 13.9. The van der Waals surface area contributed by atoms with Gasteiger partial charge < -0.3 is 10.8 Å². The largest absolute Gasteiger partial charge is 0.396 e. The lowest BCUT2D eigenvalue weighted by Crippen LogP contribution is -2.31. The molecule has 0 radical (unpaired) electrons. The van der Waals surface area contributed by atoms with Gasteiger partial charge >= 0.3 is 5.00 Å². The van der Waals surface area contributed by atoms with E-state index in [1.54, 1.807) is 6.07 Å². The molecule has 84 valence electrons. The molecule has 0 aliphatic heterocycles. The Morgan fingerprint density at radius 3 is 2.67 bits per heavy atom. The van der Waals surface area contributed by atoms with Crippen molar-refractivity contribution < 1.29 is 10.0 Å². The maximum absolute atomic E-state index is 10.5. The Morgan fingerprint density at radius 1 is 1.67 bits per heavy atom. The van der Waals surface area contributed by atoms with Gasteiger partial charge in [0.15, 0.2) is 0 Å².